The van der Waals surface area contributed by atoms with E-state index in [2.05, 4.69) is 27.3 Å². The van der Waals surface area contributed by atoms with Gasteiger partial charge >= 0.3 is 0 Å². The molecule has 5 heteroatoms. The van der Waals surface area contributed by atoms with Gasteiger partial charge in [0.05, 0.1) is 20.3 Å². The van der Waals surface area contributed by atoms with Crippen molar-refractivity contribution in [2.24, 2.45) is 0 Å². The molecule has 0 aliphatic heterocycles. The van der Waals surface area contributed by atoms with Crippen LogP contribution in [0.5, 0.6) is 11.5 Å². The largest absolute Gasteiger partial charge is 0.497 e. The van der Waals surface area contributed by atoms with Crippen LogP contribution in [0.2, 0.25) is 0 Å². The maximum atomic E-state index is 9.43. The lowest BCUT2D eigenvalue weighted by Gasteiger charge is -2.16. The Morgan fingerprint density at radius 1 is 1.05 bits per heavy atom. The SMILES string of the molecule is COc1ccc(NC(C#N)c2cc(OC)ccc2Br)cc1. The van der Waals surface area contributed by atoms with E-state index in [1.807, 2.05) is 42.5 Å². The molecule has 0 fully saturated rings. The van der Waals surface area contributed by atoms with E-state index in [1.165, 1.54) is 0 Å². The van der Waals surface area contributed by atoms with Gasteiger partial charge in [0.2, 0.25) is 0 Å². The fraction of sp³-hybridized carbons (Fsp3) is 0.188. The number of halogens is 1. The summed E-state index contributed by atoms with van der Waals surface area (Å²) in [5.74, 6) is 1.49. The molecule has 4 nitrogen and oxygen atoms in total. The predicted molar refractivity (Wildman–Crippen MR) is 85.7 cm³/mol. The smallest absolute Gasteiger partial charge is 0.141 e. The van der Waals surface area contributed by atoms with E-state index in [0.717, 1.165) is 21.5 Å². The number of hydrogen-bond donors (Lipinski definition) is 1. The van der Waals surface area contributed by atoms with Crippen LogP contribution in [0.4, 0.5) is 5.69 Å². The number of ether oxygens (including phenoxy) is 2. The second-order valence-corrected chi connectivity index (χ2v) is 5.18. The summed E-state index contributed by atoms with van der Waals surface area (Å²) in [6.45, 7) is 0. The number of nitrogens with one attached hydrogen (secondary N) is 1. The number of methoxy groups -OCH3 is 2. The second kappa shape index (κ2) is 7.00. The Bertz CT molecular complexity index is 650. The average Bonchev–Trinajstić information content (AvgIpc) is 2.54. The molecule has 0 saturated heterocycles. The number of rotatable bonds is 5. The van der Waals surface area contributed by atoms with Crippen molar-refractivity contribution in [3.05, 3.63) is 52.5 Å². The van der Waals surface area contributed by atoms with Crippen molar-refractivity contribution in [3.63, 3.8) is 0 Å². The lowest BCUT2D eigenvalue weighted by atomic mass is 10.1. The van der Waals surface area contributed by atoms with Crippen molar-refractivity contribution < 1.29 is 9.47 Å². The lowest BCUT2D eigenvalue weighted by molar-refractivity contribution is 0.414. The van der Waals surface area contributed by atoms with Gasteiger partial charge < -0.3 is 14.8 Å². The molecule has 2 aromatic carbocycles. The van der Waals surface area contributed by atoms with Gasteiger partial charge in [0.1, 0.15) is 17.5 Å². The van der Waals surface area contributed by atoms with Crippen molar-refractivity contribution in [1.29, 1.82) is 5.26 Å². The van der Waals surface area contributed by atoms with Gasteiger partial charge in [-0.15, -0.1) is 0 Å². The Morgan fingerprint density at radius 2 is 1.67 bits per heavy atom. The van der Waals surface area contributed by atoms with Gasteiger partial charge in [-0.05, 0) is 42.5 Å². The molecule has 0 aromatic heterocycles. The minimum atomic E-state index is -0.483. The molecule has 0 saturated carbocycles. The normalized spacial score (nSPS) is 11.3. The van der Waals surface area contributed by atoms with Crippen LogP contribution in [0.15, 0.2) is 46.9 Å². The number of benzene rings is 2. The first-order chi connectivity index (χ1) is 10.2. The third-order valence-corrected chi connectivity index (χ3v) is 3.77. The van der Waals surface area contributed by atoms with Crippen molar-refractivity contribution in [3.8, 4) is 17.6 Å². The van der Waals surface area contributed by atoms with Crippen LogP contribution in [0.1, 0.15) is 11.6 Å². The first-order valence-electron chi connectivity index (χ1n) is 6.31. The van der Waals surface area contributed by atoms with Crippen LogP contribution >= 0.6 is 15.9 Å². The second-order valence-electron chi connectivity index (χ2n) is 4.32. The molecule has 0 aliphatic carbocycles. The van der Waals surface area contributed by atoms with Crippen LogP contribution in [0, 0.1) is 11.3 Å². The molecular weight excluding hydrogens is 332 g/mol. The standard InChI is InChI=1S/C16H15BrN2O2/c1-20-12-5-3-11(4-6-12)19-16(10-18)14-9-13(21-2)7-8-15(14)17/h3-9,16,19H,1-2H3. The van der Waals surface area contributed by atoms with E-state index in [-0.39, 0.29) is 0 Å². The molecule has 0 radical (unpaired) electrons. The zero-order valence-corrected chi connectivity index (χ0v) is 13.3. The maximum Gasteiger partial charge on any atom is 0.141 e. The van der Waals surface area contributed by atoms with Crippen molar-refractivity contribution in [1.82, 2.24) is 0 Å². The molecule has 0 heterocycles. The topological polar surface area (TPSA) is 54.3 Å². The first-order valence-corrected chi connectivity index (χ1v) is 7.11. The van der Waals surface area contributed by atoms with Crippen molar-refractivity contribution in [2.45, 2.75) is 6.04 Å². The van der Waals surface area contributed by atoms with Crippen LogP contribution in [0.25, 0.3) is 0 Å². The number of hydrogen-bond acceptors (Lipinski definition) is 4. The molecule has 0 bridgehead atoms. The van der Waals surface area contributed by atoms with Crippen molar-refractivity contribution >= 4 is 21.6 Å². The fourth-order valence-corrected chi connectivity index (χ4v) is 2.38. The molecule has 1 unspecified atom stereocenters. The third kappa shape index (κ3) is 3.67. The van der Waals surface area contributed by atoms with Gasteiger partial charge in [0.25, 0.3) is 0 Å². The predicted octanol–water partition coefficient (Wildman–Crippen LogP) is 4.14. The minimum absolute atomic E-state index is 0.483. The quantitative estimate of drug-likeness (QED) is 0.883. The van der Waals surface area contributed by atoms with E-state index < -0.39 is 6.04 Å². The maximum absolute atomic E-state index is 9.43. The highest BCUT2D eigenvalue weighted by Gasteiger charge is 2.15. The van der Waals surface area contributed by atoms with Crippen LogP contribution < -0.4 is 14.8 Å². The monoisotopic (exact) mass is 346 g/mol. The van der Waals surface area contributed by atoms with Crippen LogP contribution in [0.3, 0.4) is 0 Å². The highest BCUT2D eigenvalue weighted by atomic mass is 79.9. The third-order valence-electron chi connectivity index (χ3n) is 3.04. The molecule has 2 aromatic rings. The highest BCUT2D eigenvalue weighted by Crippen LogP contribution is 2.30. The van der Waals surface area contributed by atoms with Gasteiger partial charge in [-0.3, -0.25) is 0 Å². The summed E-state index contributed by atoms with van der Waals surface area (Å²) in [5.41, 5.74) is 1.67. The summed E-state index contributed by atoms with van der Waals surface area (Å²) in [6, 6.07) is 14.8. The molecule has 1 N–H and O–H groups in total. The van der Waals surface area contributed by atoms with E-state index in [9.17, 15) is 5.26 Å². The summed E-state index contributed by atoms with van der Waals surface area (Å²) in [5, 5.41) is 12.6. The van der Waals surface area contributed by atoms with E-state index in [1.54, 1.807) is 14.2 Å². The molecule has 0 spiro atoms. The van der Waals surface area contributed by atoms with Gasteiger partial charge in [-0.1, -0.05) is 15.9 Å². The molecule has 2 rings (SSSR count). The van der Waals surface area contributed by atoms with Crippen LogP contribution in [-0.2, 0) is 0 Å². The Morgan fingerprint density at radius 3 is 2.24 bits per heavy atom. The summed E-state index contributed by atoms with van der Waals surface area (Å²) in [6.07, 6.45) is 0. The molecule has 0 aliphatic rings. The van der Waals surface area contributed by atoms with E-state index in [0.29, 0.717) is 5.75 Å². The zero-order chi connectivity index (χ0) is 15.2. The molecule has 108 valence electrons. The number of nitrogens with zero attached hydrogens (tertiary/aromatic N) is 1. The lowest BCUT2D eigenvalue weighted by Crippen LogP contribution is -2.09. The molecular formula is C16H15BrN2O2. The zero-order valence-electron chi connectivity index (χ0n) is 11.8. The number of nitriles is 1. The summed E-state index contributed by atoms with van der Waals surface area (Å²) >= 11 is 3.47. The molecule has 0 amide bonds. The van der Waals surface area contributed by atoms with E-state index >= 15 is 0 Å². The molecule has 1 atom stereocenters. The van der Waals surface area contributed by atoms with Crippen molar-refractivity contribution in [2.75, 3.05) is 19.5 Å². The van der Waals surface area contributed by atoms with Gasteiger partial charge in [-0.2, -0.15) is 5.26 Å². The summed E-state index contributed by atoms with van der Waals surface area (Å²) < 4.78 is 11.2. The summed E-state index contributed by atoms with van der Waals surface area (Å²) in [7, 11) is 3.22. The van der Waals surface area contributed by atoms with Gasteiger partial charge in [0, 0.05) is 15.7 Å². The first kappa shape index (κ1) is 15.2. The highest BCUT2D eigenvalue weighted by molar-refractivity contribution is 9.10. The fourth-order valence-electron chi connectivity index (χ4n) is 1.90. The van der Waals surface area contributed by atoms with E-state index in [4.69, 9.17) is 9.47 Å². The Balaban J connectivity index is 2.25. The minimum Gasteiger partial charge on any atom is -0.497 e. The number of anilines is 1. The Labute approximate surface area is 132 Å². The Kier molecular flexibility index (Phi) is 5.07. The Hall–Kier alpha value is -2.19. The van der Waals surface area contributed by atoms with Gasteiger partial charge in [-0.25, -0.2) is 0 Å². The summed E-state index contributed by atoms with van der Waals surface area (Å²) in [4.78, 5) is 0. The average molecular weight is 347 g/mol. The van der Waals surface area contributed by atoms with Gasteiger partial charge in [0.15, 0.2) is 0 Å². The molecule has 21 heavy (non-hydrogen) atoms. The van der Waals surface area contributed by atoms with Crippen LogP contribution in [-0.4, -0.2) is 14.2 Å².